The van der Waals surface area contributed by atoms with Crippen molar-refractivity contribution < 1.29 is 14.0 Å². The summed E-state index contributed by atoms with van der Waals surface area (Å²) in [5, 5.41) is 1.98. The lowest BCUT2D eigenvalue weighted by Gasteiger charge is -2.18. The molecular formula is C13H15ClFNO2. The minimum atomic E-state index is -0.695. The van der Waals surface area contributed by atoms with Crippen LogP contribution in [0.2, 0.25) is 0 Å². The Morgan fingerprint density at radius 2 is 1.83 bits per heavy atom. The number of carbonyl (C=O) groups is 2. The van der Waals surface area contributed by atoms with Crippen molar-refractivity contribution in [3.05, 3.63) is 35.6 Å². The highest BCUT2D eigenvalue weighted by Gasteiger charge is 2.22. The van der Waals surface area contributed by atoms with Crippen LogP contribution in [0.15, 0.2) is 24.3 Å². The summed E-state index contributed by atoms with van der Waals surface area (Å²) >= 11 is 5.40. The normalized spacial score (nSPS) is 12.3. The van der Waals surface area contributed by atoms with Crippen molar-refractivity contribution in [2.24, 2.45) is 5.92 Å². The quantitative estimate of drug-likeness (QED) is 0.835. The molecular weight excluding hydrogens is 257 g/mol. The van der Waals surface area contributed by atoms with E-state index in [-0.39, 0.29) is 24.1 Å². The number of hydrogen-bond donors (Lipinski definition) is 1. The number of amides is 1. The largest absolute Gasteiger partial charge is 0.344 e. The van der Waals surface area contributed by atoms with E-state index in [4.69, 9.17) is 11.6 Å². The van der Waals surface area contributed by atoms with Crippen LogP contribution in [0.1, 0.15) is 19.4 Å². The molecule has 0 aliphatic carbocycles. The number of halogens is 2. The molecule has 1 N–H and O–H groups in total. The van der Waals surface area contributed by atoms with E-state index in [0.717, 1.165) is 0 Å². The Balaban J connectivity index is 2.60. The SMILES string of the molecule is CC(C)C(NC(=O)Cc1ccc(F)cc1)C(=O)Cl. The fourth-order valence-electron chi connectivity index (χ4n) is 1.50. The Morgan fingerprint density at radius 1 is 1.28 bits per heavy atom. The maximum Gasteiger partial charge on any atom is 0.244 e. The average molecular weight is 272 g/mol. The third-order valence-corrected chi connectivity index (χ3v) is 2.74. The second-order valence-electron chi connectivity index (χ2n) is 4.40. The van der Waals surface area contributed by atoms with Crippen molar-refractivity contribution in [2.45, 2.75) is 26.3 Å². The van der Waals surface area contributed by atoms with Gasteiger partial charge >= 0.3 is 0 Å². The van der Waals surface area contributed by atoms with E-state index < -0.39 is 11.3 Å². The van der Waals surface area contributed by atoms with Gasteiger partial charge < -0.3 is 5.32 Å². The summed E-state index contributed by atoms with van der Waals surface area (Å²) in [6.45, 7) is 3.59. The molecule has 5 heteroatoms. The summed E-state index contributed by atoms with van der Waals surface area (Å²) in [5.74, 6) is -0.739. The Bertz CT molecular complexity index is 431. The molecule has 0 fully saturated rings. The average Bonchev–Trinajstić information content (AvgIpc) is 2.28. The Hall–Kier alpha value is -1.42. The predicted octanol–water partition coefficient (Wildman–Crippen LogP) is 2.27. The molecule has 1 rings (SSSR count). The van der Waals surface area contributed by atoms with E-state index in [0.29, 0.717) is 5.56 Å². The second kappa shape index (κ2) is 6.50. The molecule has 1 aromatic carbocycles. The van der Waals surface area contributed by atoms with E-state index in [1.807, 2.05) is 0 Å². The zero-order valence-electron chi connectivity index (χ0n) is 10.2. The molecule has 0 saturated heterocycles. The summed E-state index contributed by atoms with van der Waals surface area (Å²) < 4.78 is 12.7. The third kappa shape index (κ3) is 4.45. The summed E-state index contributed by atoms with van der Waals surface area (Å²) in [5.41, 5.74) is 0.679. The van der Waals surface area contributed by atoms with Gasteiger partial charge in [0, 0.05) is 0 Å². The smallest absolute Gasteiger partial charge is 0.244 e. The van der Waals surface area contributed by atoms with E-state index in [2.05, 4.69) is 5.32 Å². The summed E-state index contributed by atoms with van der Waals surface area (Å²) in [6, 6.07) is 4.94. The highest BCUT2D eigenvalue weighted by Crippen LogP contribution is 2.07. The Labute approximate surface area is 110 Å². The maximum absolute atomic E-state index is 12.7. The van der Waals surface area contributed by atoms with Crippen LogP contribution in [-0.2, 0) is 16.0 Å². The number of nitrogens with one attached hydrogen (secondary N) is 1. The van der Waals surface area contributed by atoms with Gasteiger partial charge in [0.15, 0.2) is 0 Å². The van der Waals surface area contributed by atoms with E-state index in [1.165, 1.54) is 24.3 Å². The molecule has 0 aromatic heterocycles. The number of carbonyl (C=O) groups excluding carboxylic acids is 2. The third-order valence-electron chi connectivity index (χ3n) is 2.51. The van der Waals surface area contributed by atoms with Crippen molar-refractivity contribution in [1.29, 1.82) is 0 Å². The fraction of sp³-hybridized carbons (Fsp3) is 0.385. The zero-order chi connectivity index (χ0) is 13.7. The molecule has 18 heavy (non-hydrogen) atoms. The van der Waals surface area contributed by atoms with Crippen LogP contribution in [-0.4, -0.2) is 17.2 Å². The maximum atomic E-state index is 12.7. The van der Waals surface area contributed by atoms with Gasteiger partial charge in [-0.3, -0.25) is 9.59 Å². The predicted molar refractivity (Wildman–Crippen MR) is 67.7 cm³/mol. The van der Waals surface area contributed by atoms with E-state index in [9.17, 15) is 14.0 Å². The van der Waals surface area contributed by atoms with Gasteiger partial charge in [0.25, 0.3) is 0 Å². The van der Waals surface area contributed by atoms with Crippen LogP contribution >= 0.6 is 11.6 Å². The van der Waals surface area contributed by atoms with E-state index >= 15 is 0 Å². The van der Waals surface area contributed by atoms with Crippen molar-refractivity contribution >= 4 is 22.8 Å². The molecule has 3 nitrogen and oxygen atoms in total. The lowest BCUT2D eigenvalue weighted by molar-refractivity contribution is -0.125. The fourth-order valence-corrected chi connectivity index (χ4v) is 1.80. The Kier molecular flexibility index (Phi) is 5.28. The van der Waals surface area contributed by atoms with Crippen molar-refractivity contribution in [1.82, 2.24) is 5.32 Å². The summed E-state index contributed by atoms with van der Waals surface area (Å²) in [4.78, 5) is 22.8. The second-order valence-corrected chi connectivity index (χ2v) is 4.77. The molecule has 1 unspecified atom stereocenters. The van der Waals surface area contributed by atoms with Crippen molar-refractivity contribution in [3.63, 3.8) is 0 Å². The minimum absolute atomic E-state index is 0.0767. The van der Waals surface area contributed by atoms with Gasteiger partial charge in [-0.15, -0.1) is 0 Å². The van der Waals surface area contributed by atoms with Crippen molar-refractivity contribution in [3.8, 4) is 0 Å². The highest BCUT2D eigenvalue weighted by molar-refractivity contribution is 6.64. The lowest BCUT2D eigenvalue weighted by Crippen LogP contribution is -2.43. The van der Waals surface area contributed by atoms with Gasteiger partial charge in [-0.25, -0.2) is 4.39 Å². The molecule has 0 radical (unpaired) electrons. The van der Waals surface area contributed by atoms with Gasteiger partial charge in [-0.05, 0) is 35.2 Å². The van der Waals surface area contributed by atoms with Gasteiger partial charge in [0.05, 0.1) is 6.42 Å². The number of benzene rings is 1. The minimum Gasteiger partial charge on any atom is -0.344 e. The van der Waals surface area contributed by atoms with Gasteiger partial charge in [0.2, 0.25) is 11.1 Å². The van der Waals surface area contributed by atoms with Gasteiger partial charge in [-0.2, -0.15) is 0 Å². The van der Waals surface area contributed by atoms with E-state index in [1.54, 1.807) is 13.8 Å². The topological polar surface area (TPSA) is 46.2 Å². The zero-order valence-corrected chi connectivity index (χ0v) is 11.0. The molecule has 0 aliphatic heterocycles. The molecule has 0 heterocycles. The summed E-state index contributed by atoms with van der Waals surface area (Å²) in [6.07, 6.45) is 0.0909. The monoisotopic (exact) mass is 271 g/mol. The first kappa shape index (κ1) is 14.6. The number of hydrogen-bond acceptors (Lipinski definition) is 2. The highest BCUT2D eigenvalue weighted by atomic mass is 35.5. The Morgan fingerprint density at radius 3 is 2.28 bits per heavy atom. The van der Waals surface area contributed by atoms with Crippen LogP contribution in [0.3, 0.4) is 0 Å². The van der Waals surface area contributed by atoms with Crippen LogP contribution in [0.4, 0.5) is 4.39 Å². The molecule has 1 atom stereocenters. The standard InChI is InChI=1S/C13H15ClFNO2/c1-8(2)12(13(14)18)16-11(17)7-9-3-5-10(15)6-4-9/h3-6,8,12H,7H2,1-2H3,(H,16,17). The van der Waals surface area contributed by atoms with Crippen molar-refractivity contribution in [2.75, 3.05) is 0 Å². The number of rotatable bonds is 5. The molecule has 0 spiro atoms. The van der Waals surface area contributed by atoms with Crippen LogP contribution < -0.4 is 5.32 Å². The molecule has 0 bridgehead atoms. The van der Waals surface area contributed by atoms with Crippen LogP contribution in [0.5, 0.6) is 0 Å². The van der Waals surface area contributed by atoms with Gasteiger partial charge in [-0.1, -0.05) is 26.0 Å². The molecule has 0 saturated carbocycles. The lowest BCUT2D eigenvalue weighted by atomic mass is 10.1. The van der Waals surface area contributed by atoms with Crippen LogP contribution in [0.25, 0.3) is 0 Å². The van der Waals surface area contributed by atoms with Gasteiger partial charge in [0.1, 0.15) is 11.9 Å². The molecule has 1 aromatic rings. The first-order chi connectivity index (χ1) is 8.40. The molecule has 1 amide bonds. The molecule has 0 aliphatic rings. The molecule has 98 valence electrons. The van der Waals surface area contributed by atoms with Crippen LogP contribution in [0, 0.1) is 11.7 Å². The first-order valence-corrected chi connectivity index (χ1v) is 6.01. The summed E-state index contributed by atoms with van der Waals surface area (Å²) in [7, 11) is 0. The first-order valence-electron chi connectivity index (χ1n) is 5.63.